The molecule has 0 fully saturated rings. The summed E-state index contributed by atoms with van der Waals surface area (Å²) >= 11 is 5.92. The number of carbonyl (C=O) groups is 1. The van der Waals surface area contributed by atoms with Crippen molar-refractivity contribution in [3.63, 3.8) is 0 Å². The number of anilines is 1. The molecule has 0 saturated heterocycles. The second-order valence-corrected chi connectivity index (χ2v) is 3.90. The van der Waals surface area contributed by atoms with Gasteiger partial charge in [0, 0.05) is 23.7 Å². The largest absolute Gasteiger partial charge is 0.319 e. The number of nitrogens with zero attached hydrogens (tertiary/aromatic N) is 2. The van der Waals surface area contributed by atoms with E-state index in [1.807, 2.05) is 6.92 Å². The van der Waals surface area contributed by atoms with E-state index in [2.05, 4.69) is 15.3 Å². The molecule has 2 heterocycles. The highest BCUT2D eigenvalue weighted by Crippen LogP contribution is 2.19. The molecule has 0 aliphatic heterocycles. The lowest BCUT2D eigenvalue weighted by atomic mass is 10.2. The van der Waals surface area contributed by atoms with Crippen molar-refractivity contribution in [3.8, 4) is 0 Å². The molecule has 0 aliphatic rings. The van der Waals surface area contributed by atoms with Crippen molar-refractivity contribution in [2.24, 2.45) is 0 Å². The quantitative estimate of drug-likeness (QED) is 0.888. The van der Waals surface area contributed by atoms with E-state index in [-0.39, 0.29) is 5.91 Å². The number of aryl methyl sites for hydroxylation is 1. The number of hydrogen-bond acceptors (Lipinski definition) is 3. The fraction of sp³-hybridized carbons (Fsp3) is 0.0833. The molecule has 2 aromatic rings. The number of aromatic nitrogens is 2. The summed E-state index contributed by atoms with van der Waals surface area (Å²) in [6.45, 7) is 1.83. The van der Waals surface area contributed by atoms with Gasteiger partial charge >= 0.3 is 0 Å². The van der Waals surface area contributed by atoms with Crippen LogP contribution < -0.4 is 5.32 Å². The van der Waals surface area contributed by atoms with E-state index in [9.17, 15) is 4.79 Å². The van der Waals surface area contributed by atoms with Crippen molar-refractivity contribution in [1.82, 2.24) is 9.97 Å². The maximum atomic E-state index is 11.9. The molecule has 4 nitrogen and oxygen atoms in total. The van der Waals surface area contributed by atoms with Gasteiger partial charge in [0.05, 0.1) is 16.9 Å². The van der Waals surface area contributed by atoms with E-state index in [0.717, 1.165) is 5.69 Å². The smallest absolute Gasteiger partial charge is 0.255 e. The molecule has 0 spiro atoms. The maximum absolute atomic E-state index is 11.9. The van der Waals surface area contributed by atoms with Crippen LogP contribution in [0.2, 0.25) is 5.02 Å². The molecule has 2 rings (SSSR count). The van der Waals surface area contributed by atoms with Crippen LogP contribution in [0.15, 0.2) is 36.8 Å². The number of halogens is 1. The van der Waals surface area contributed by atoms with Gasteiger partial charge in [0.1, 0.15) is 0 Å². The minimum atomic E-state index is -0.231. The molecule has 0 bridgehead atoms. The van der Waals surface area contributed by atoms with Gasteiger partial charge in [0.2, 0.25) is 0 Å². The van der Waals surface area contributed by atoms with Crippen LogP contribution >= 0.6 is 11.6 Å². The van der Waals surface area contributed by atoms with Crippen LogP contribution in [0.3, 0.4) is 0 Å². The second-order valence-electron chi connectivity index (χ2n) is 3.50. The van der Waals surface area contributed by atoms with Gasteiger partial charge in [0.15, 0.2) is 0 Å². The Kier molecular flexibility index (Phi) is 3.35. The first-order valence-corrected chi connectivity index (χ1v) is 5.38. The predicted molar refractivity (Wildman–Crippen MR) is 66.2 cm³/mol. The maximum Gasteiger partial charge on any atom is 0.255 e. The monoisotopic (exact) mass is 247 g/mol. The summed E-state index contributed by atoms with van der Waals surface area (Å²) in [6, 6.07) is 4.97. The van der Waals surface area contributed by atoms with Gasteiger partial charge in [0.25, 0.3) is 5.91 Å². The molecule has 0 aliphatic carbocycles. The summed E-state index contributed by atoms with van der Waals surface area (Å²) in [7, 11) is 0. The second kappa shape index (κ2) is 4.93. The zero-order chi connectivity index (χ0) is 12.3. The highest BCUT2D eigenvalue weighted by atomic mass is 35.5. The third kappa shape index (κ3) is 2.79. The Morgan fingerprint density at radius 3 is 2.88 bits per heavy atom. The molecule has 1 N–H and O–H groups in total. The van der Waals surface area contributed by atoms with Crippen molar-refractivity contribution in [2.75, 3.05) is 5.32 Å². The molecule has 1 amide bonds. The van der Waals surface area contributed by atoms with Crippen LogP contribution in [-0.4, -0.2) is 15.9 Å². The molecule has 0 aromatic carbocycles. The highest BCUT2D eigenvalue weighted by Gasteiger charge is 2.08. The molecular formula is C12H10ClN3O. The van der Waals surface area contributed by atoms with Crippen molar-refractivity contribution in [2.45, 2.75) is 6.92 Å². The van der Waals surface area contributed by atoms with Crippen molar-refractivity contribution in [1.29, 1.82) is 0 Å². The number of amides is 1. The zero-order valence-electron chi connectivity index (χ0n) is 9.14. The first kappa shape index (κ1) is 11.5. The molecule has 0 radical (unpaired) electrons. The minimum absolute atomic E-state index is 0.231. The number of pyridine rings is 2. The Hall–Kier alpha value is -1.94. The fourth-order valence-corrected chi connectivity index (χ4v) is 1.50. The van der Waals surface area contributed by atoms with Gasteiger partial charge in [-0.25, -0.2) is 0 Å². The molecule has 2 aromatic heterocycles. The Labute approximate surface area is 104 Å². The van der Waals surface area contributed by atoms with Crippen molar-refractivity contribution < 1.29 is 4.79 Å². The first-order valence-electron chi connectivity index (χ1n) is 5.00. The molecule has 0 saturated carbocycles. The van der Waals surface area contributed by atoms with Gasteiger partial charge in [-0.15, -0.1) is 0 Å². The van der Waals surface area contributed by atoms with Gasteiger partial charge in [-0.2, -0.15) is 0 Å². The molecule has 5 heteroatoms. The van der Waals surface area contributed by atoms with Gasteiger partial charge in [-0.05, 0) is 25.1 Å². The highest BCUT2D eigenvalue weighted by molar-refractivity contribution is 6.33. The molecule has 0 unspecified atom stereocenters. The number of nitrogens with one attached hydrogen (secondary N) is 1. The lowest BCUT2D eigenvalue weighted by Gasteiger charge is -2.06. The Bertz CT molecular complexity index is 557. The number of carbonyl (C=O) groups excluding carboxylic acids is 1. The van der Waals surface area contributed by atoms with Crippen LogP contribution in [0, 0.1) is 6.92 Å². The topological polar surface area (TPSA) is 54.9 Å². The third-order valence-corrected chi connectivity index (χ3v) is 2.50. The Balaban J connectivity index is 2.20. The van der Waals surface area contributed by atoms with Crippen LogP contribution in [0.25, 0.3) is 0 Å². The van der Waals surface area contributed by atoms with E-state index in [4.69, 9.17) is 11.6 Å². The molecule has 17 heavy (non-hydrogen) atoms. The number of hydrogen-bond donors (Lipinski definition) is 1. The van der Waals surface area contributed by atoms with Crippen molar-refractivity contribution >= 4 is 23.2 Å². The van der Waals surface area contributed by atoms with E-state index >= 15 is 0 Å². The summed E-state index contributed by atoms with van der Waals surface area (Å²) in [4.78, 5) is 19.8. The summed E-state index contributed by atoms with van der Waals surface area (Å²) in [6.07, 6.45) is 4.66. The van der Waals surface area contributed by atoms with Gasteiger partial charge in [-0.3, -0.25) is 14.8 Å². The SMILES string of the molecule is Cc1cc(C(=O)Nc2cnccc2Cl)ccn1. The Morgan fingerprint density at radius 1 is 1.35 bits per heavy atom. The van der Waals surface area contributed by atoms with E-state index in [0.29, 0.717) is 16.3 Å². The average molecular weight is 248 g/mol. The molecular weight excluding hydrogens is 238 g/mol. The lowest BCUT2D eigenvalue weighted by molar-refractivity contribution is 0.102. The molecule has 86 valence electrons. The van der Waals surface area contributed by atoms with E-state index in [1.165, 1.54) is 6.20 Å². The van der Waals surface area contributed by atoms with E-state index < -0.39 is 0 Å². The van der Waals surface area contributed by atoms with Crippen LogP contribution in [0.1, 0.15) is 16.1 Å². The zero-order valence-corrected chi connectivity index (χ0v) is 9.90. The van der Waals surface area contributed by atoms with Crippen LogP contribution in [0.5, 0.6) is 0 Å². The van der Waals surface area contributed by atoms with Crippen molar-refractivity contribution in [3.05, 3.63) is 53.1 Å². The summed E-state index contributed by atoms with van der Waals surface area (Å²) in [5.74, 6) is -0.231. The van der Waals surface area contributed by atoms with E-state index in [1.54, 1.807) is 30.6 Å². The summed E-state index contributed by atoms with van der Waals surface area (Å²) < 4.78 is 0. The van der Waals surface area contributed by atoms with Gasteiger partial charge in [-0.1, -0.05) is 11.6 Å². The normalized spacial score (nSPS) is 10.0. The summed E-state index contributed by atoms with van der Waals surface area (Å²) in [5.41, 5.74) is 1.82. The molecule has 0 atom stereocenters. The first-order chi connectivity index (χ1) is 8.16. The predicted octanol–water partition coefficient (Wildman–Crippen LogP) is 2.69. The van der Waals surface area contributed by atoms with Crippen LogP contribution in [-0.2, 0) is 0 Å². The lowest BCUT2D eigenvalue weighted by Crippen LogP contribution is -2.12. The minimum Gasteiger partial charge on any atom is -0.319 e. The van der Waals surface area contributed by atoms with Crippen LogP contribution in [0.4, 0.5) is 5.69 Å². The fourth-order valence-electron chi connectivity index (χ4n) is 1.35. The standard InChI is InChI=1S/C12H10ClN3O/c1-8-6-9(2-5-15-8)12(17)16-11-7-14-4-3-10(11)13/h2-7H,1H3,(H,16,17). The number of rotatable bonds is 2. The van der Waals surface area contributed by atoms with Gasteiger partial charge < -0.3 is 5.32 Å². The Morgan fingerprint density at radius 2 is 2.18 bits per heavy atom. The average Bonchev–Trinajstić information content (AvgIpc) is 2.32. The summed E-state index contributed by atoms with van der Waals surface area (Å²) in [5, 5.41) is 3.15. The third-order valence-electron chi connectivity index (χ3n) is 2.17.